The zero-order chi connectivity index (χ0) is 15.2. The zero-order valence-electron chi connectivity index (χ0n) is 13.2. The Morgan fingerprint density at radius 3 is 2.76 bits per heavy atom. The molecule has 2 aliphatic rings. The van der Waals surface area contributed by atoms with Crippen molar-refractivity contribution in [2.75, 3.05) is 0 Å². The standard InChI is InChI=1S/C16H24N2O2S/c1-9(15-18-13(8-21-15)16(2,3)4)17-14(19)11-7-10-5-6-12(11)20-10/h8-12H,5-7H2,1-4H3,(H,17,19)/t9-,10-,11+,12-/m1/s1. The SMILES string of the molecule is C[C@@H](NC(=O)[C@H]1C[C@H]2CC[C@H]1O2)c1nc(C(C)(C)C)cs1. The molecular formula is C16H24N2O2S. The van der Waals surface area contributed by atoms with Gasteiger partial charge in [0, 0.05) is 10.8 Å². The lowest BCUT2D eigenvalue weighted by Gasteiger charge is -2.20. The van der Waals surface area contributed by atoms with E-state index in [9.17, 15) is 4.79 Å². The largest absolute Gasteiger partial charge is 0.374 e. The third-order valence-electron chi connectivity index (χ3n) is 4.46. The van der Waals surface area contributed by atoms with Gasteiger partial charge in [0.05, 0.1) is 29.9 Å². The van der Waals surface area contributed by atoms with Crippen molar-refractivity contribution in [1.29, 1.82) is 0 Å². The van der Waals surface area contributed by atoms with Gasteiger partial charge in [-0.05, 0) is 26.2 Å². The van der Waals surface area contributed by atoms with Gasteiger partial charge in [-0.2, -0.15) is 0 Å². The summed E-state index contributed by atoms with van der Waals surface area (Å²) in [5, 5.41) is 6.20. The van der Waals surface area contributed by atoms with Crippen molar-refractivity contribution in [3.63, 3.8) is 0 Å². The van der Waals surface area contributed by atoms with Crippen LogP contribution in [0.25, 0.3) is 0 Å². The summed E-state index contributed by atoms with van der Waals surface area (Å²) >= 11 is 1.63. The summed E-state index contributed by atoms with van der Waals surface area (Å²) in [6, 6.07) is -0.0299. The summed E-state index contributed by atoms with van der Waals surface area (Å²) < 4.78 is 5.77. The molecule has 0 radical (unpaired) electrons. The minimum atomic E-state index is -0.0299. The molecule has 1 N–H and O–H groups in total. The minimum absolute atomic E-state index is 0.0299. The normalized spacial score (nSPS) is 29.6. The van der Waals surface area contributed by atoms with E-state index in [1.54, 1.807) is 11.3 Å². The average Bonchev–Trinajstić information content (AvgIpc) is 3.13. The fraction of sp³-hybridized carbons (Fsp3) is 0.750. The molecule has 2 bridgehead atoms. The van der Waals surface area contributed by atoms with Gasteiger partial charge in [-0.25, -0.2) is 4.98 Å². The van der Waals surface area contributed by atoms with Gasteiger partial charge < -0.3 is 10.1 Å². The van der Waals surface area contributed by atoms with Crippen molar-refractivity contribution >= 4 is 17.2 Å². The Labute approximate surface area is 130 Å². The predicted octanol–water partition coefficient (Wildman–Crippen LogP) is 3.19. The number of hydrogen-bond donors (Lipinski definition) is 1. The van der Waals surface area contributed by atoms with E-state index >= 15 is 0 Å². The first-order valence-electron chi connectivity index (χ1n) is 7.76. The average molecular weight is 308 g/mol. The lowest BCUT2D eigenvalue weighted by Crippen LogP contribution is -2.37. The van der Waals surface area contributed by atoms with E-state index in [2.05, 4.69) is 36.5 Å². The Morgan fingerprint density at radius 2 is 2.24 bits per heavy atom. The van der Waals surface area contributed by atoms with Crippen LogP contribution in [0.5, 0.6) is 0 Å². The maximum Gasteiger partial charge on any atom is 0.226 e. The molecule has 0 aromatic carbocycles. The Kier molecular flexibility index (Phi) is 3.82. The second-order valence-electron chi connectivity index (χ2n) is 7.27. The molecule has 21 heavy (non-hydrogen) atoms. The zero-order valence-corrected chi connectivity index (χ0v) is 14.0. The van der Waals surface area contributed by atoms with Gasteiger partial charge in [0.2, 0.25) is 5.91 Å². The summed E-state index contributed by atoms with van der Waals surface area (Å²) in [5.74, 6) is 0.162. The van der Waals surface area contributed by atoms with E-state index in [4.69, 9.17) is 4.74 Å². The number of carbonyl (C=O) groups is 1. The van der Waals surface area contributed by atoms with Crippen LogP contribution in [0.15, 0.2) is 5.38 Å². The number of carbonyl (C=O) groups excluding carboxylic acids is 1. The second kappa shape index (κ2) is 5.36. The van der Waals surface area contributed by atoms with Gasteiger partial charge in [-0.3, -0.25) is 4.79 Å². The molecule has 4 nitrogen and oxygen atoms in total. The molecule has 1 amide bonds. The van der Waals surface area contributed by atoms with Crippen molar-refractivity contribution in [1.82, 2.24) is 10.3 Å². The molecule has 116 valence electrons. The number of nitrogens with zero attached hydrogens (tertiary/aromatic N) is 1. The second-order valence-corrected chi connectivity index (χ2v) is 8.16. The maximum absolute atomic E-state index is 12.4. The molecule has 2 aliphatic heterocycles. The van der Waals surface area contributed by atoms with Crippen LogP contribution in [0.3, 0.4) is 0 Å². The molecule has 0 aliphatic carbocycles. The minimum Gasteiger partial charge on any atom is -0.374 e. The highest BCUT2D eigenvalue weighted by Crippen LogP contribution is 2.39. The van der Waals surface area contributed by atoms with Crippen molar-refractivity contribution in [2.45, 2.75) is 70.6 Å². The number of hydrogen-bond acceptors (Lipinski definition) is 4. The van der Waals surface area contributed by atoms with Gasteiger partial charge >= 0.3 is 0 Å². The molecular weight excluding hydrogens is 284 g/mol. The van der Waals surface area contributed by atoms with Gasteiger partial charge in [-0.1, -0.05) is 20.8 Å². The number of ether oxygens (including phenoxy) is 1. The lowest BCUT2D eigenvalue weighted by molar-refractivity contribution is -0.127. The van der Waals surface area contributed by atoms with Crippen LogP contribution in [-0.4, -0.2) is 23.1 Å². The number of thiazole rings is 1. The van der Waals surface area contributed by atoms with E-state index < -0.39 is 0 Å². The van der Waals surface area contributed by atoms with E-state index in [1.165, 1.54) is 0 Å². The Balaban J connectivity index is 1.62. The Hall–Kier alpha value is -0.940. The van der Waals surface area contributed by atoms with E-state index in [1.807, 2.05) is 6.92 Å². The lowest BCUT2D eigenvalue weighted by atomic mass is 9.88. The van der Waals surface area contributed by atoms with Gasteiger partial charge in [0.15, 0.2) is 0 Å². The monoisotopic (exact) mass is 308 g/mol. The highest BCUT2D eigenvalue weighted by Gasteiger charge is 2.44. The molecule has 0 unspecified atom stereocenters. The molecule has 0 spiro atoms. The van der Waals surface area contributed by atoms with Crippen molar-refractivity contribution in [2.24, 2.45) is 5.92 Å². The highest BCUT2D eigenvalue weighted by molar-refractivity contribution is 7.09. The first kappa shape index (κ1) is 15.0. The summed E-state index contributed by atoms with van der Waals surface area (Å²) in [6.45, 7) is 8.47. The fourth-order valence-electron chi connectivity index (χ4n) is 3.13. The number of amides is 1. The van der Waals surface area contributed by atoms with Crippen molar-refractivity contribution in [3.8, 4) is 0 Å². The summed E-state index contributed by atoms with van der Waals surface area (Å²) in [4.78, 5) is 17.1. The van der Waals surface area contributed by atoms with Gasteiger partial charge in [0.25, 0.3) is 0 Å². The van der Waals surface area contributed by atoms with Crippen LogP contribution < -0.4 is 5.32 Å². The smallest absolute Gasteiger partial charge is 0.226 e. The highest BCUT2D eigenvalue weighted by atomic mass is 32.1. The fourth-order valence-corrected chi connectivity index (χ4v) is 4.18. The van der Waals surface area contributed by atoms with Crippen LogP contribution >= 0.6 is 11.3 Å². The number of fused-ring (bicyclic) bond motifs is 2. The van der Waals surface area contributed by atoms with Crippen LogP contribution in [0.2, 0.25) is 0 Å². The van der Waals surface area contributed by atoms with E-state index in [-0.39, 0.29) is 29.4 Å². The van der Waals surface area contributed by atoms with Gasteiger partial charge in [-0.15, -0.1) is 11.3 Å². The number of aromatic nitrogens is 1. The Morgan fingerprint density at radius 1 is 1.48 bits per heavy atom. The first-order valence-corrected chi connectivity index (χ1v) is 8.64. The van der Waals surface area contributed by atoms with Crippen LogP contribution in [0.1, 0.15) is 63.7 Å². The summed E-state index contributed by atoms with van der Waals surface area (Å²) in [5.41, 5.74) is 1.14. The molecule has 2 fully saturated rings. The van der Waals surface area contributed by atoms with Crippen molar-refractivity contribution in [3.05, 3.63) is 16.1 Å². The molecule has 3 rings (SSSR count). The topological polar surface area (TPSA) is 51.2 Å². The van der Waals surface area contributed by atoms with Crippen LogP contribution in [0.4, 0.5) is 0 Å². The summed E-state index contributed by atoms with van der Waals surface area (Å²) in [6.07, 6.45) is 3.49. The van der Waals surface area contributed by atoms with E-state index in [0.29, 0.717) is 6.10 Å². The maximum atomic E-state index is 12.4. The van der Waals surface area contributed by atoms with Crippen LogP contribution in [-0.2, 0) is 14.9 Å². The molecule has 5 heteroatoms. The molecule has 0 saturated carbocycles. The molecule has 1 aromatic heterocycles. The Bertz CT molecular complexity index is 535. The molecule has 3 heterocycles. The van der Waals surface area contributed by atoms with E-state index in [0.717, 1.165) is 30.0 Å². The quantitative estimate of drug-likeness (QED) is 0.933. The van der Waals surface area contributed by atoms with Gasteiger partial charge in [0.1, 0.15) is 5.01 Å². The number of nitrogens with one attached hydrogen (secondary N) is 1. The predicted molar refractivity (Wildman–Crippen MR) is 83.4 cm³/mol. The number of rotatable bonds is 3. The molecule has 1 aromatic rings. The molecule has 4 atom stereocenters. The van der Waals surface area contributed by atoms with Crippen LogP contribution in [0, 0.1) is 5.92 Å². The summed E-state index contributed by atoms with van der Waals surface area (Å²) in [7, 11) is 0. The first-order chi connectivity index (χ1) is 9.84. The third-order valence-corrected chi connectivity index (χ3v) is 5.49. The van der Waals surface area contributed by atoms with Crippen molar-refractivity contribution < 1.29 is 9.53 Å². The third kappa shape index (κ3) is 2.99. The molecule has 2 saturated heterocycles.